The number of carboxylic acid groups (broad SMARTS) is 2. The third kappa shape index (κ3) is 9.23. The van der Waals surface area contributed by atoms with Gasteiger partial charge in [-0.3, -0.25) is 4.79 Å². The molecule has 1 unspecified atom stereocenters. The molecule has 0 radical (unpaired) electrons. The zero-order valence-electron chi connectivity index (χ0n) is 16.5. The molecule has 0 bridgehead atoms. The Morgan fingerprint density at radius 2 is 1.72 bits per heavy atom. The van der Waals surface area contributed by atoms with Crippen molar-refractivity contribution in [2.75, 3.05) is 19.8 Å². The average molecular weight is 591 g/mol. The Bertz CT molecular complexity index is 837. The first-order valence-corrected chi connectivity index (χ1v) is 12.9. The molecule has 0 spiro atoms. The summed E-state index contributed by atoms with van der Waals surface area (Å²) in [6, 6.07) is 11.0. The minimum absolute atomic E-state index is 0.0288. The van der Waals surface area contributed by atoms with Gasteiger partial charge in [0.1, 0.15) is 0 Å². The first-order chi connectivity index (χ1) is 13.8. The van der Waals surface area contributed by atoms with Gasteiger partial charge in [0.05, 0.1) is 0 Å². The summed E-state index contributed by atoms with van der Waals surface area (Å²) in [6.45, 7) is 3.56. The Morgan fingerprint density at radius 3 is 2.24 bits per heavy atom. The van der Waals surface area contributed by atoms with Crippen molar-refractivity contribution < 1.29 is 60.2 Å². The molecule has 3 N–H and O–H groups in total. The quantitative estimate of drug-likeness (QED) is 0.384. The normalized spacial score (nSPS) is 11.2. The van der Waals surface area contributed by atoms with Crippen molar-refractivity contribution in [3.63, 3.8) is 0 Å². The monoisotopic (exact) mass is 592 g/mol. The molecule has 2 rings (SSSR count). The molecule has 2 aromatic rings. The van der Waals surface area contributed by atoms with Gasteiger partial charge < -0.3 is 5.11 Å². The molecule has 0 fully saturated rings. The molecule has 9 heteroatoms. The molecule has 1 atom stereocenters. The van der Waals surface area contributed by atoms with E-state index in [1.165, 1.54) is 0 Å². The van der Waals surface area contributed by atoms with Gasteiger partial charge in [0, 0.05) is 6.92 Å². The van der Waals surface area contributed by atoms with Crippen LogP contribution in [0.2, 0.25) is 3.93 Å². The van der Waals surface area contributed by atoms with E-state index in [1.807, 2.05) is 31.2 Å². The predicted molar refractivity (Wildman–Crippen MR) is 103 cm³/mol. The number of rotatable bonds is 9. The van der Waals surface area contributed by atoms with Gasteiger partial charge in [0.25, 0.3) is 5.97 Å². The molecule has 8 nitrogen and oxygen atoms in total. The van der Waals surface area contributed by atoms with E-state index in [-0.39, 0.29) is 17.8 Å². The molecular formula is C20H24HgNO7. The van der Waals surface area contributed by atoms with Crippen LogP contribution in [0.25, 0.3) is 10.8 Å². The maximum atomic E-state index is 12.6. The second-order valence-electron chi connectivity index (χ2n) is 5.97. The van der Waals surface area contributed by atoms with Crippen molar-refractivity contribution in [1.29, 1.82) is 0 Å². The van der Waals surface area contributed by atoms with Crippen LogP contribution in [0.15, 0.2) is 36.4 Å². The summed E-state index contributed by atoms with van der Waals surface area (Å²) in [5.74, 6) is -1.95. The molecule has 0 saturated carbocycles. The van der Waals surface area contributed by atoms with Gasteiger partial charge in [0.2, 0.25) is 0 Å². The number of amides is 1. The number of carbonyl (C=O) groups is 3. The topological polar surface area (TPSA) is 122 Å². The summed E-state index contributed by atoms with van der Waals surface area (Å²) < 4.78 is 11.9. The van der Waals surface area contributed by atoms with E-state index in [0.29, 0.717) is 44.8 Å². The first-order valence-electron chi connectivity index (χ1n) is 9.04. The second kappa shape index (κ2) is 13.1. The fourth-order valence-corrected chi connectivity index (χ4v) is 3.88. The van der Waals surface area contributed by atoms with Crippen LogP contribution in [0.3, 0.4) is 0 Å². The molecule has 0 heterocycles. The van der Waals surface area contributed by atoms with Gasteiger partial charge in [-0.1, -0.05) is 0 Å². The maximum absolute atomic E-state index is 12.6. The van der Waals surface area contributed by atoms with Crippen LogP contribution in [0.1, 0.15) is 24.2 Å². The van der Waals surface area contributed by atoms with Gasteiger partial charge in [-0.05, 0) is 0 Å². The van der Waals surface area contributed by atoms with E-state index in [1.54, 1.807) is 12.1 Å². The molecule has 29 heavy (non-hydrogen) atoms. The number of aliphatic carboxylic acids is 2. The van der Waals surface area contributed by atoms with E-state index in [9.17, 15) is 9.59 Å². The van der Waals surface area contributed by atoms with Crippen molar-refractivity contribution in [2.45, 2.75) is 23.9 Å². The Hall–Kier alpha value is -2.19. The van der Waals surface area contributed by atoms with Gasteiger partial charge in [0.15, 0.2) is 0 Å². The Labute approximate surface area is 185 Å². The average Bonchev–Trinajstić information content (AvgIpc) is 2.68. The number of fused-ring (bicyclic) bond motifs is 1. The Morgan fingerprint density at radius 1 is 1.14 bits per heavy atom. The SMILES string of the molecule is CC(=O)O.CCOC([CH2][Hg])CNC(=O)c1cc2ccccc2cc1OCC(=O)O. The molecule has 1 amide bonds. The molecule has 0 saturated heterocycles. The number of nitrogens with one attached hydrogen (secondary N) is 1. The van der Waals surface area contributed by atoms with Crippen molar-refractivity contribution in [3.05, 3.63) is 42.0 Å². The van der Waals surface area contributed by atoms with Crippen LogP contribution in [-0.2, 0) is 40.4 Å². The van der Waals surface area contributed by atoms with Gasteiger partial charge in [-0.25, -0.2) is 0 Å². The summed E-state index contributed by atoms with van der Waals surface area (Å²) >= 11 is 0.585. The van der Waals surface area contributed by atoms with Crippen molar-refractivity contribution in [3.8, 4) is 5.75 Å². The summed E-state index contributed by atoms with van der Waals surface area (Å²) in [5.41, 5.74) is 0.327. The molecule has 0 aromatic heterocycles. The Balaban J connectivity index is 0.000000960. The standard InChI is InChI=1S/C18H20NO5.C2H4O2.Hg/c1-3-23-12(2)10-19-18(22)15-8-13-6-4-5-7-14(13)9-16(15)24-11-17(20)21;1-2(3)4;/h4-9,12H,2-3,10-11H2,1H3,(H,19,22)(H,20,21);1H3,(H,3,4);. The van der Waals surface area contributed by atoms with Crippen LogP contribution in [-0.4, -0.2) is 53.9 Å². The van der Waals surface area contributed by atoms with E-state index in [2.05, 4.69) is 5.32 Å². The fraction of sp³-hybridized carbons (Fsp3) is 0.350. The number of ether oxygens (including phenoxy) is 2. The van der Waals surface area contributed by atoms with Crippen molar-refractivity contribution >= 4 is 28.6 Å². The number of carbonyl (C=O) groups excluding carboxylic acids is 1. The number of hydrogen-bond donors (Lipinski definition) is 3. The molecule has 153 valence electrons. The first kappa shape index (κ1) is 24.8. The minimum atomic E-state index is -1.09. The van der Waals surface area contributed by atoms with Crippen molar-refractivity contribution in [1.82, 2.24) is 5.32 Å². The Kier molecular flexibility index (Phi) is 11.2. The van der Waals surface area contributed by atoms with E-state index >= 15 is 0 Å². The molecule has 0 aliphatic carbocycles. The summed E-state index contributed by atoms with van der Waals surface area (Å²) in [4.78, 5) is 32.4. The van der Waals surface area contributed by atoms with E-state index in [4.69, 9.17) is 24.5 Å². The van der Waals surface area contributed by atoms with E-state index in [0.717, 1.165) is 21.6 Å². The molecule has 0 aliphatic heterocycles. The third-order valence-electron chi connectivity index (χ3n) is 3.66. The zero-order valence-corrected chi connectivity index (χ0v) is 22.0. The number of benzene rings is 2. The number of carboxylic acids is 2. The van der Waals surface area contributed by atoms with Gasteiger partial charge in [-0.2, -0.15) is 0 Å². The predicted octanol–water partition coefficient (Wildman–Crippen LogP) is 2.49. The zero-order chi connectivity index (χ0) is 21.8. The molecular weight excluding hydrogens is 567 g/mol. The fourth-order valence-electron chi connectivity index (χ4n) is 2.44. The summed E-state index contributed by atoms with van der Waals surface area (Å²) in [7, 11) is 0. The third-order valence-corrected chi connectivity index (χ3v) is 6.16. The molecule has 2 aromatic carbocycles. The van der Waals surface area contributed by atoms with Crippen LogP contribution in [0.5, 0.6) is 5.75 Å². The van der Waals surface area contributed by atoms with Crippen LogP contribution in [0.4, 0.5) is 0 Å². The molecule has 0 aliphatic rings. The second-order valence-corrected chi connectivity index (χ2v) is 8.22. The summed E-state index contributed by atoms with van der Waals surface area (Å²) in [6.07, 6.45) is 0.0288. The van der Waals surface area contributed by atoms with E-state index < -0.39 is 18.5 Å². The van der Waals surface area contributed by atoms with Crippen LogP contribution >= 0.6 is 0 Å². The van der Waals surface area contributed by atoms with Gasteiger partial charge in [-0.15, -0.1) is 0 Å². The summed E-state index contributed by atoms with van der Waals surface area (Å²) in [5, 5.41) is 20.9. The van der Waals surface area contributed by atoms with Crippen LogP contribution in [0, 0.1) is 0 Å². The van der Waals surface area contributed by atoms with Crippen molar-refractivity contribution in [2.24, 2.45) is 0 Å². The van der Waals surface area contributed by atoms with Crippen LogP contribution < -0.4 is 10.1 Å². The number of hydrogen-bond acceptors (Lipinski definition) is 5. The van der Waals surface area contributed by atoms with Gasteiger partial charge >= 0.3 is 163 Å².